The second-order valence-corrected chi connectivity index (χ2v) is 7.15. The highest BCUT2D eigenvalue weighted by Crippen LogP contribution is 2.30. The van der Waals surface area contributed by atoms with Gasteiger partial charge in [0.2, 0.25) is 0 Å². The summed E-state index contributed by atoms with van der Waals surface area (Å²) in [6.45, 7) is 3.53. The van der Waals surface area contributed by atoms with Gasteiger partial charge in [-0.05, 0) is 31.9 Å². The molecule has 23 heavy (non-hydrogen) atoms. The normalized spacial score (nSPS) is 18.5. The Morgan fingerprint density at radius 2 is 2.22 bits per heavy atom. The van der Waals surface area contributed by atoms with Gasteiger partial charge in [0.15, 0.2) is 5.65 Å². The van der Waals surface area contributed by atoms with Gasteiger partial charge in [0, 0.05) is 36.3 Å². The van der Waals surface area contributed by atoms with Gasteiger partial charge in [-0.2, -0.15) is 5.10 Å². The molecule has 4 rings (SSSR count). The molecule has 1 aliphatic rings. The Morgan fingerprint density at radius 3 is 3.04 bits per heavy atom. The van der Waals surface area contributed by atoms with Crippen molar-refractivity contribution >= 4 is 28.4 Å². The van der Waals surface area contributed by atoms with Crippen LogP contribution in [0.25, 0.3) is 11.2 Å². The van der Waals surface area contributed by atoms with Crippen LogP contribution >= 0.6 is 11.3 Å². The average molecular weight is 327 g/mol. The lowest BCUT2D eigenvalue weighted by atomic mass is 9.94. The summed E-state index contributed by atoms with van der Waals surface area (Å²) in [5, 5.41) is 7.30. The van der Waals surface area contributed by atoms with E-state index in [1.807, 2.05) is 24.0 Å². The van der Waals surface area contributed by atoms with E-state index in [0.717, 1.165) is 40.4 Å². The number of hydrogen-bond donors (Lipinski definition) is 1. The molecule has 1 amide bonds. The summed E-state index contributed by atoms with van der Waals surface area (Å²) in [7, 11) is 0. The number of piperidine rings is 1. The number of H-pyrrole nitrogens is 1. The fraction of sp³-hybridized carbons (Fsp3) is 0.375. The Labute approximate surface area is 137 Å². The Hall–Kier alpha value is -2.28. The van der Waals surface area contributed by atoms with Crippen molar-refractivity contribution in [1.82, 2.24) is 25.1 Å². The van der Waals surface area contributed by atoms with Crippen LogP contribution in [0.2, 0.25) is 0 Å². The van der Waals surface area contributed by atoms with Crippen molar-refractivity contribution in [2.75, 3.05) is 13.1 Å². The summed E-state index contributed by atoms with van der Waals surface area (Å²) in [6, 6.07) is 3.92. The number of aromatic amines is 1. The molecule has 1 N–H and O–H groups in total. The first-order valence-corrected chi connectivity index (χ1v) is 8.54. The first-order chi connectivity index (χ1) is 11.2. The van der Waals surface area contributed by atoms with Gasteiger partial charge in [-0.15, -0.1) is 11.3 Å². The van der Waals surface area contributed by atoms with Crippen LogP contribution in [-0.4, -0.2) is 44.1 Å². The molecular formula is C16H17N5OS. The van der Waals surface area contributed by atoms with E-state index in [9.17, 15) is 4.79 Å². The lowest BCUT2D eigenvalue weighted by molar-refractivity contribution is 0.0711. The van der Waals surface area contributed by atoms with Crippen LogP contribution in [0.4, 0.5) is 0 Å². The number of likely N-dealkylation sites (tertiary alicyclic amines) is 1. The van der Waals surface area contributed by atoms with Gasteiger partial charge < -0.3 is 4.90 Å². The van der Waals surface area contributed by atoms with Gasteiger partial charge in [-0.25, -0.2) is 9.97 Å². The number of rotatable bonds is 2. The molecule has 1 fully saturated rings. The van der Waals surface area contributed by atoms with Crippen LogP contribution in [0.1, 0.15) is 39.0 Å². The van der Waals surface area contributed by atoms with Crippen LogP contribution in [-0.2, 0) is 0 Å². The average Bonchev–Trinajstić information content (AvgIpc) is 3.20. The fourth-order valence-corrected chi connectivity index (χ4v) is 3.99. The van der Waals surface area contributed by atoms with Crippen molar-refractivity contribution in [3.05, 3.63) is 40.0 Å². The smallest absolute Gasteiger partial charge is 0.263 e. The lowest BCUT2D eigenvalue weighted by Gasteiger charge is -2.32. The zero-order valence-electron chi connectivity index (χ0n) is 12.8. The van der Waals surface area contributed by atoms with Crippen LogP contribution in [0, 0.1) is 6.92 Å². The number of nitrogens with one attached hydrogen (secondary N) is 1. The summed E-state index contributed by atoms with van der Waals surface area (Å²) in [5.74, 6) is 0.359. The molecule has 1 aliphatic heterocycles. The molecule has 0 saturated carbocycles. The minimum atomic E-state index is 0.128. The zero-order valence-corrected chi connectivity index (χ0v) is 13.6. The van der Waals surface area contributed by atoms with E-state index in [1.54, 1.807) is 23.7 Å². The number of fused-ring (bicyclic) bond motifs is 1. The van der Waals surface area contributed by atoms with Crippen LogP contribution in [0.15, 0.2) is 24.5 Å². The Morgan fingerprint density at radius 1 is 1.35 bits per heavy atom. The molecule has 0 aliphatic carbocycles. The third kappa shape index (κ3) is 2.61. The number of nitrogens with zero attached hydrogens (tertiary/aromatic N) is 4. The van der Waals surface area contributed by atoms with Gasteiger partial charge in [-0.3, -0.25) is 9.89 Å². The molecule has 4 heterocycles. The minimum absolute atomic E-state index is 0.128. The number of aryl methyl sites for hydroxylation is 1. The third-order valence-corrected chi connectivity index (χ3v) is 5.27. The molecule has 7 heteroatoms. The number of aromatic nitrogens is 4. The Kier molecular flexibility index (Phi) is 3.57. The minimum Gasteiger partial charge on any atom is -0.337 e. The van der Waals surface area contributed by atoms with Gasteiger partial charge in [-0.1, -0.05) is 0 Å². The standard InChI is InChI=1S/C16H17N5OS/c1-10-4-5-12(23-10)16(22)21-8-2-3-11(9-21)13-14-15(20-19-13)18-7-6-17-14/h4-7,11H,2-3,8-9H2,1H3,(H,18,19,20)/t11-/m0/s1. The largest absolute Gasteiger partial charge is 0.337 e. The molecular weight excluding hydrogens is 310 g/mol. The van der Waals surface area contributed by atoms with Gasteiger partial charge in [0.05, 0.1) is 10.6 Å². The predicted octanol–water partition coefficient (Wildman–Crippen LogP) is 2.74. The Bertz CT molecular complexity index is 855. The monoisotopic (exact) mass is 327 g/mol. The summed E-state index contributed by atoms with van der Waals surface area (Å²) >= 11 is 1.56. The van der Waals surface area contributed by atoms with E-state index in [-0.39, 0.29) is 11.8 Å². The molecule has 0 aromatic carbocycles. The second-order valence-electron chi connectivity index (χ2n) is 5.87. The first-order valence-electron chi connectivity index (χ1n) is 7.73. The van der Waals surface area contributed by atoms with Crippen molar-refractivity contribution in [1.29, 1.82) is 0 Å². The zero-order chi connectivity index (χ0) is 15.8. The summed E-state index contributed by atoms with van der Waals surface area (Å²) in [6.07, 6.45) is 5.34. The molecule has 6 nitrogen and oxygen atoms in total. The number of thiophene rings is 1. The maximum Gasteiger partial charge on any atom is 0.263 e. The quantitative estimate of drug-likeness (QED) is 0.785. The van der Waals surface area contributed by atoms with E-state index in [0.29, 0.717) is 12.2 Å². The van der Waals surface area contributed by atoms with Gasteiger partial charge >= 0.3 is 0 Å². The van der Waals surface area contributed by atoms with Crippen molar-refractivity contribution in [3.8, 4) is 0 Å². The second kappa shape index (κ2) is 5.73. The molecule has 0 unspecified atom stereocenters. The molecule has 118 valence electrons. The van der Waals surface area contributed by atoms with Gasteiger partial charge in [0.1, 0.15) is 5.52 Å². The SMILES string of the molecule is Cc1ccc(C(=O)N2CCC[C@H](c3[nH]nc4nccnc34)C2)s1. The highest BCUT2D eigenvalue weighted by atomic mass is 32.1. The lowest BCUT2D eigenvalue weighted by Crippen LogP contribution is -2.39. The highest BCUT2D eigenvalue weighted by Gasteiger charge is 2.28. The number of carbonyl (C=O) groups excluding carboxylic acids is 1. The number of hydrogen-bond acceptors (Lipinski definition) is 5. The summed E-state index contributed by atoms with van der Waals surface area (Å²) in [5.41, 5.74) is 2.45. The van der Waals surface area contributed by atoms with Crippen LogP contribution < -0.4 is 0 Å². The van der Waals surface area contributed by atoms with Crippen LogP contribution in [0.3, 0.4) is 0 Å². The Balaban J connectivity index is 1.58. The highest BCUT2D eigenvalue weighted by molar-refractivity contribution is 7.13. The predicted molar refractivity (Wildman–Crippen MR) is 88.6 cm³/mol. The van der Waals surface area contributed by atoms with Crippen molar-refractivity contribution in [3.63, 3.8) is 0 Å². The topological polar surface area (TPSA) is 74.8 Å². The summed E-state index contributed by atoms with van der Waals surface area (Å²) < 4.78 is 0. The van der Waals surface area contributed by atoms with E-state index in [1.165, 1.54) is 0 Å². The molecule has 3 aromatic rings. The van der Waals surface area contributed by atoms with E-state index in [2.05, 4.69) is 20.2 Å². The molecule has 1 atom stereocenters. The van der Waals surface area contributed by atoms with Crippen molar-refractivity contribution < 1.29 is 4.79 Å². The molecule has 0 spiro atoms. The van der Waals surface area contributed by atoms with Gasteiger partial charge in [0.25, 0.3) is 5.91 Å². The summed E-state index contributed by atoms with van der Waals surface area (Å²) in [4.78, 5) is 25.2. The molecule has 3 aromatic heterocycles. The van der Waals surface area contributed by atoms with Crippen molar-refractivity contribution in [2.24, 2.45) is 0 Å². The van der Waals surface area contributed by atoms with E-state index >= 15 is 0 Å². The van der Waals surface area contributed by atoms with E-state index < -0.39 is 0 Å². The molecule has 1 saturated heterocycles. The number of amides is 1. The maximum atomic E-state index is 12.7. The van der Waals surface area contributed by atoms with Crippen LogP contribution in [0.5, 0.6) is 0 Å². The number of carbonyl (C=O) groups is 1. The maximum absolute atomic E-state index is 12.7. The molecule has 0 radical (unpaired) electrons. The molecule has 0 bridgehead atoms. The fourth-order valence-electron chi connectivity index (χ4n) is 3.16. The third-order valence-electron chi connectivity index (χ3n) is 4.28. The van der Waals surface area contributed by atoms with Crippen molar-refractivity contribution in [2.45, 2.75) is 25.7 Å². The first kappa shape index (κ1) is 14.3. The van der Waals surface area contributed by atoms with E-state index in [4.69, 9.17) is 0 Å².